The summed E-state index contributed by atoms with van der Waals surface area (Å²) in [5.74, 6) is 0.718. The monoisotopic (exact) mass is 337 g/mol. The van der Waals surface area contributed by atoms with Crippen molar-refractivity contribution >= 4 is 10.0 Å². The molecule has 0 saturated heterocycles. The number of rotatable bonds is 6. The second-order valence-electron chi connectivity index (χ2n) is 5.77. The summed E-state index contributed by atoms with van der Waals surface area (Å²) >= 11 is 0. The van der Waals surface area contributed by atoms with Crippen LogP contribution >= 0.6 is 0 Å². The molecular formula is C16H23N3O3S. The largest absolute Gasteiger partial charge is 0.492 e. The molecule has 0 aliphatic heterocycles. The van der Waals surface area contributed by atoms with Crippen LogP contribution in [0.4, 0.5) is 0 Å². The SMILES string of the molecule is Cc1ccc(OCC(C)NS(=O)(=O)c2c(C)nn(C)c2C)cc1. The molecule has 0 radical (unpaired) electrons. The molecule has 1 aromatic carbocycles. The zero-order valence-electron chi connectivity index (χ0n) is 14.1. The molecule has 2 aromatic rings. The third-order valence-corrected chi connectivity index (χ3v) is 5.43. The molecule has 7 heteroatoms. The molecule has 0 fully saturated rings. The van der Waals surface area contributed by atoms with E-state index in [1.807, 2.05) is 31.2 Å². The lowest BCUT2D eigenvalue weighted by Gasteiger charge is -2.15. The van der Waals surface area contributed by atoms with E-state index in [4.69, 9.17) is 4.74 Å². The van der Waals surface area contributed by atoms with Gasteiger partial charge >= 0.3 is 0 Å². The number of nitrogens with one attached hydrogen (secondary N) is 1. The minimum atomic E-state index is -3.62. The molecule has 23 heavy (non-hydrogen) atoms. The number of hydrogen-bond donors (Lipinski definition) is 1. The minimum absolute atomic E-state index is 0.238. The Bertz CT molecular complexity index is 780. The van der Waals surface area contributed by atoms with E-state index in [1.54, 1.807) is 32.5 Å². The van der Waals surface area contributed by atoms with Crippen LogP contribution in [-0.4, -0.2) is 30.8 Å². The summed E-state index contributed by atoms with van der Waals surface area (Å²) in [4.78, 5) is 0.238. The van der Waals surface area contributed by atoms with Crippen LogP contribution in [0.1, 0.15) is 23.9 Å². The van der Waals surface area contributed by atoms with Gasteiger partial charge in [0.2, 0.25) is 10.0 Å². The lowest BCUT2D eigenvalue weighted by molar-refractivity contribution is 0.287. The van der Waals surface area contributed by atoms with Gasteiger partial charge in [0.1, 0.15) is 17.3 Å². The van der Waals surface area contributed by atoms with Crippen molar-refractivity contribution in [2.45, 2.75) is 38.6 Å². The van der Waals surface area contributed by atoms with Crippen LogP contribution in [0.25, 0.3) is 0 Å². The highest BCUT2D eigenvalue weighted by Crippen LogP contribution is 2.19. The summed E-state index contributed by atoms with van der Waals surface area (Å²) in [7, 11) is -1.90. The molecule has 0 amide bonds. The summed E-state index contributed by atoms with van der Waals surface area (Å²) in [6.07, 6.45) is 0. The molecular weight excluding hydrogens is 314 g/mol. The molecule has 1 atom stereocenters. The van der Waals surface area contributed by atoms with Crippen LogP contribution in [0.15, 0.2) is 29.2 Å². The number of aromatic nitrogens is 2. The molecule has 0 aliphatic rings. The van der Waals surface area contributed by atoms with Crippen LogP contribution in [-0.2, 0) is 17.1 Å². The van der Waals surface area contributed by atoms with Gasteiger partial charge in [0.15, 0.2) is 0 Å². The van der Waals surface area contributed by atoms with E-state index in [1.165, 1.54) is 0 Å². The third-order valence-electron chi connectivity index (χ3n) is 3.59. The van der Waals surface area contributed by atoms with Gasteiger partial charge < -0.3 is 4.74 Å². The van der Waals surface area contributed by atoms with E-state index < -0.39 is 10.0 Å². The van der Waals surface area contributed by atoms with E-state index in [0.29, 0.717) is 11.4 Å². The molecule has 0 bridgehead atoms. The predicted octanol–water partition coefficient (Wildman–Crippen LogP) is 2.09. The number of hydrogen-bond acceptors (Lipinski definition) is 4. The van der Waals surface area contributed by atoms with Crippen molar-refractivity contribution < 1.29 is 13.2 Å². The lowest BCUT2D eigenvalue weighted by Crippen LogP contribution is -2.37. The minimum Gasteiger partial charge on any atom is -0.492 e. The summed E-state index contributed by atoms with van der Waals surface area (Å²) < 4.78 is 34.9. The van der Waals surface area contributed by atoms with Gasteiger partial charge in [-0.25, -0.2) is 13.1 Å². The Morgan fingerprint density at radius 3 is 2.35 bits per heavy atom. The molecule has 1 heterocycles. The maximum atomic E-state index is 12.5. The highest BCUT2D eigenvalue weighted by molar-refractivity contribution is 7.89. The average Bonchev–Trinajstić information content (AvgIpc) is 2.71. The van der Waals surface area contributed by atoms with E-state index in [-0.39, 0.29) is 17.5 Å². The Balaban J connectivity index is 2.03. The van der Waals surface area contributed by atoms with Crippen LogP contribution in [0.3, 0.4) is 0 Å². The van der Waals surface area contributed by atoms with E-state index in [9.17, 15) is 8.42 Å². The number of benzene rings is 1. The Kier molecular flexibility index (Phi) is 5.11. The molecule has 0 spiro atoms. The third kappa shape index (κ3) is 4.11. The molecule has 126 valence electrons. The predicted molar refractivity (Wildman–Crippen MR) is 89.1 cm³/mol. The van der Waals surface area contributed by atoms with Gasteiger partial charge in [0, 0.05) is 7.05 Å². The first-order valence-electron chi connectivity index (χ1n) is 7.42. The van der Waals surface area contributed by atoms with Gasteiger partial charge in [-0.3, -0.25) is 4.68 Å². The first-order valence-corrected chi connectivity index (χ1v) is 8.91. The lowest BCUT2D eigenvalue weighted by atomic mass is 10.2. The number of sulfonamides is 1. The van der Waals surface area contributed by atoms with Crippen LogP contribution in [0, 0.1) is 20.8 Å². The molecule has 1 unspecified atom stereocenters. The second kappa shape index (κ2) is 6.72. The van der Waals surface area contributed by atoms with Crippen molar-refractivity contribution in [3.05, 3.63) is 41.2 Å². The normalized spacial score (nSPS) is 13.1. The van der Waals surface area contributed by atoms with Gasteiger partial charge in [-0.2, -0.15) is 5.10 Å². The zero-order valence-corrected chi connectivity index (χ0v) is 14.9. The summed E-state index contributed by atoms with van der Waals surface area (Å²) in [5.41, 5.74) is 2.25. The standard InChI is InChI=1S/C16H23N3O3S/c1-11-6-8-15(9-7-11)22-10-12(2)18-23(20,21)16-13(3)17-19(5)14(16)4/h6-9,12,18H,10H2,1-5H3. The molecule has 0 saturated carbocycles. The Hall–Kier alpha value is -1.86. The fourth-order valence-electron chi connectivity index (χ4n) is 2.36. The van der Waals surface area contributed by atoms with Gasteiger partial charge in [-0.1, -0.05) is 17.7 Å². The highest BCUT2D eigenvalue weighted by atomic mass is 32.2. The molecule has 2 rings (SSSR count). The maximum Gasteiger partial charge on any atom is 0.244 e. The zero-order chi connectivity index (χ0) is 17.2. The fourth-order valence-corrected chi connectivity index (χ4v) is 4.02. The van der Waals surface area contributed by atoms with Crippen LogP contribution < -0.4 is 9.46 Å². The Morgan fingerprint density at radius 2 is 1.83 bits per heavy atom. The molecule has 6 nitrogen and oxygen atoms in total. The van der Waals surface area contributed by atoms with Crippen molar-refractivity contribution in [2.75, 3.05) is 6.61 Å². The van der Waals surface area contributed by atoms with Crippen molar-refractivity contribution in [3.8, 4) is 5.75 Å². The Morgan fingerprint density at radius 1 is 1.22 bits per heavy atom. The van der Waals surface area contributed by atoms with Crippen molar-refractivity contribution in [2.24, 2.45) is 7.05 Å². The average molecular weight is 337 g/mol. The van der Waals surface area contributed by atoms with Gasteiger partial charge in [0.25, 0.3) is 0 Å². The van der Waals surface area contributed by atoms with E-state index >= 15 is 0 Å². The van der Waals surface area contributed by atoms with E-state index in [2.05, 4.69) is 9.82 Å². The molecule has 0 aliphatic carbocycles. The Labute approximate surface area is 137 Å². The second-order valence-corrected chi connectivity index (χ2v) is 7.42. The number of aryl methyl sites for hydroxylation is 3. The van der Waals surface area contributed by atoms with Crippen LogP contribution in [0.5, 0.6) is 5.75 Å². The van der Waals surface area contributed by atoms with Crippen molar-refractivity contribution in [1.82, 2.24) is 14.5 Å². The first-order chi connectivity index (χ1) is 10.7. The maximum absolute atomic E-state index is 12.5. The number of nitrogens with zero attached hydrogens (tertiary/aromatic N) is 2. The highest BCUT2D eigenvalue weighted by Gasteiger charge is 2.25. The number of ether oxygens (including phenoxy) is 1. The van der Waals surface area contributed by atoms with Gasteiger partial charge in [-0.15, -0.1) is 0 Å². The van der Waals surface area contributed by atoms with Crippen molar-refractivity contribution in [1.29, 1.82) is 0 Å². The first kappa shape index (κ1) is 17.5. The van der Waals surface area contributed by atoms with E-state index in [0.717, 1.165) is 11.3 Å². The summed E-state index contributed by atoms with van der Waals surface area (Å²) in [5, 5.41) is 4.15. The molecule has 1 N–H and O–H groups in total. The fraction of sp³-hybridized carbons (Fsp3) is 0.438. The summed E-state index contributed by atoms with van der Waals surface area (Å²) in [6.45, 7) is 7.45. The van der Waals surface area contributed by atoms with Gasteiger partial charge in [0.05, 0.1) is 17.4 Å². The topological polar surface area (TPSA) is 73.2 Å². The van der Waals surface area contributed by atoms with Gasteiger partial charge in [-0.05, 0) is 39.8 Å². The molecule has 1 aromatic heterocycles. The summed E-state index contributed by atoms with van der Waals surface area (Å²) in [6, 6.07) is 7.28. The quantitative estimate of drug-likeness (QED) is 0.876. The van der Waals surface area contributed by atoms with Crippen LogP contribution in [0.2, 0.25) is 0 Å². The smallest absolute Gasteiger partial charge is 0.244 e. The van der Waals surface area contributed by atoms with Crippen molar-refractivity contribution in [3.63, 3.8) is 0 Å².